The number of hydrogen-bond donors (Lipinski definition) is 0. The SMILES string of the molecule is CCOC(=O)CC(=O)c1c(F)c(OCF)c(F)c(F)c1[N+](=O)[O-]. The normalized spacial score (nSPS) is 10.3. The van der Waals surface area contributed by atoms with Gasteiger partial charge in [0, 0.05) is 0 Å². The van der Waals surface area contributed by atoms with E-state index in [1.165, 1.54) is 6.92 Å². The summed E-state index contributed by atoms with van der Waals surface area (Å²) >= 11 is 0. The van der Waals surface area contributed by atoms with Crippen LogP contribution in [-0.4, -0.2) is 30.1 Å². The lowest BCUT2D eigenvalue weighted by molar-refractivity contribution is -0.388. The number of rotatable bonds is 7. The molecule has 0 aliphatic heterocycles. The molecule has 11 heteroatoms. The van der Waals surface area contributed by atoms with Gasteiger partial charge in [0.25, 0.3) is 0 Å². The molecule has 0 saturated heterocycles. The molecule has 0 saturated carbocycles. The van der Waals surface area contributed by atoms with E-state index in [-0.39, 0.29) is 6.61 Å². The molecule has 0 aliphatic rings. The van der Waals surface area contributed by atoms with Gasteiger partial charge < -0.3 is 9.47 Å². The number of nitrogens with zero attached hydrogens (tertiary/aromatic N) is 1. The monoisotopic (exact) mass is 339 g/mol. The Hall–Kier alpha value is -2.72. The van der Waals surface area contributed by atoms with Crippen LogP contribution in [-0.2, 0) is 9.53 Å². The first-order valence-corrected chi connectivity index (χ1v) is 5.98. The molecule has 0 amide bonds. The summed E-state index contributed by atoms with van der Waals surface area (Å²) < 4.78 is 61.6. The van der Waals surface area contributed by atoms with Crippen LogP contribution >= 0.6 is 0 Å². The van der Waals surface area contributed by atoms with Gasteiger partial charge in [-0.05, 0) is 6.92 Å². The van der Waals surface area contributed by atoms with Crippen LogP contribution in [0, 0.1) is 27.6 Å². The quantitative estimate of drug-likeness (QED) is 0.144. The summed E-state index contributed by atoms with van der Waals surface area (Å²) in [4.78, 5) is 32.2. The van der Waals surface area contributed by atoms with E-state index < -0.39 is 64.4 Å². The Bertz CT molecular complexity index is 664. The van der Waals surface area contributed by atoms with E-state index in [9.17, 15) is 37.3 Å². The van der Waals surface area contributed by atoms with E-state index in [2.05, 4.69) is 9.47 Å². The molecule has 23 heavy (non-hydrogen) atoms. The summed E-state index contributed by atoms with van der Waals surface area (Å²) in [5, 5.41) is 10.8. The number of ether oxygens (including phenoxy) is 2. The molecule has 0 bridgehead atoms. The predicted octanol–water partition coefficient (Wildman–Crippen LogP) is 2.45. The van der Waals surface area contributed by atoms with Crippen molar-refractivity contribution in [2.75, 3.05) is 13.5 Å². The third-order valence-corrected chi connectivity index (χ3v) is 2.53. The van der Waals surface area contributed by atoms with Crippen LogP contribution < -0.4 is 4.74 Å². The topological polar surface area (TPSA) is 95.7 Å². The first-order chi connectivity index (χ1) is 10.8. The minimum atomic E-state index is -2.22. The fraction of sp³-hybridized carbons (Fsp3) is 0.333. The molecule has 1 rings (SSSR count). The number of hydrogen-bond acceptors (Lipinski definition) is 6. The molecular weight excluding hydrogens is 330 g/mol. The Morgan fingerprint density at radius 3 is 2.26 bits per heavy atom. The number of halogens is 4. The van der Waals surface area contributed by atoms with Gasteiger partial charge in [-0.25, -0.2) is 8.78 Å². The highest BCUT2D eigenvalue weighted by Crippen LogP contribution is 2.36. The van der Waals surface area contributed by atoms with Crippen LogP contribution in [0.5, 0.6) is 5.75 Å². The van der Waals surface area contributed by atoms with Gasteiger partial charge in [0.15, 0.2) is 17.3 Å². The first kappa shape index (κ1) is 18.3. The van der Waals surface area contributed by atoms with Gasteiger partial charge in [0.1, 0.15) is 12.0 Å². The van der Waals surface area contributed by atoms with Gasteiger partial charge >= 0.3 is 11.7 Å². The Kier molecular flexibility index (Phi) is 5.99. The highest BCUT2D eigenvalue weighted by molar-refractivity contribution is 6.08. The van der Waals surface area contributed by atoms with Crippen molar-refractivity contribution in [2.45, 2.75) is 13.3 Å². The minimum Gasteiger partial charge on any atom is -0.466 e. The van der Waals surface area contributed by atoms with Gasteiger partial charge in [0.05, 0.1) is 11.5 Å². The van der Waals surface area contributed by atoms with Gasteiger partial charge in [-0.2, -0.15) is 8.78 Å². The lowest BCUT2D eigenvalue weighted by Crippen LogP contribution is -2.17. The smallest absolute Gasteiger partial charge is 0.321 e. The zero-order valence-corrected chi connectivity index (χ0v) is 11.5. The van der Waals surface area contributed by atoms with Crippen LogP contribution in [0.2, 0.25) is 0 Å². The number of Topliss-reactive ketones (excluding diaryl/α,β-unsaturated/α-hetero) is 1. The second-order valence-electron chi connectivity index (χ2n) is 3.91. The van der Waals surface area contributed by atoms with E-state index in [1.54, 1.807) is 0 Å². The van der Waals surface area contributed by atoms with Gasteiger partial charge in [-0.1, -0.05) is 0 Å². The van der Waals surface area contributed by atoms with Crippen LogP contribution in [0.4, 0.5) is 23.2 Å². The number of carbonyl (C=O) groups excluding carboxylic acids is 2. The maximum absolute atomic E-state index is 14.0. The molecule has 0 aromatic heterocycles. The molecule has 126 valence electrons. The largest absolute Gasteiger partial charge is 0.466 e. The van der Waals surface area contributed by atoms with Gasteiger partial charge in [-0.15, -0.1) is 0 Å². The maximum Gasteiger partial charge on any atom is 0.321 e. The minimum absolute atomic E-state index is 0.134. The summed E-state index contributed by atoms with van der Waals surface area (Å²) in [6, 6.07) is 0. The summed E-state index contributed by atoms with van der Waals surface area (Å²) in [7, 11) is 0. The maximum atomic E-state index is 14.0. The van der Waals surface area contributed by atoms with Gasteiger partial charge in [0.2, 0.25) is 18.5 Å². The van der Waals surface area contributed by atoms with Crippen LogP contribution in [0.1, 0.15) is 23.7 Å². The summed E-state index contributed by atoms with van der Waals surface area (Å²) in [6.45, 7) is -0.516. The summed E-state index contributed by atoms with van der Waals surface area (Å²) in [5.41, 5.74) is -3.36. The molecule has 7 nitrogen and oxygen atoms in total. The number of alkyl halides is 1. The Morgan fingerprint density at radius 2 is 1.78 bits per heavy atom. The molecule has 0 fully saturated rings. The third-order valence-electron chi connectivity index (χ3n) is 2.53. The van der Waals surface area contributed by atoms with E-state index in [0.29, 0.717) is 0 Å². The zero-order chi connectivity index (χ0) is 17.7. The standard InChI is InChI=1S/C12H9F4NO6/c1-2-22-6(19)3-5(18)7-8(14)12(23-4-13)10(16)9(15)11(7)17(20)21/h2-4H2,1H3. The lowest BCUT2D eigenvalue weighted by Gasteiger charge is -2.10. The number of nitro groups is 1. The zero-order valence-electron chi connectivity index (χ0n) is 11.5. The van der Waals surface area contributed by atoms with Crippen LogP contribution in [0.15, 0.2) is 0 Å². The number of nitro benzene ring substituents is 1. The highest BCUT2D eigenvalue weighted by atomic mass is 19.2. The Balaban J connectivity index is 3.52. The van der Waals surface area contributed by atoms with Crippen molar-refractivity contribution in [3.05, 3.63) is 33.1 Å². The molecule has 1 aromatic carbocycles. The molecule has 0 heterocycles. The van der Waals surface area contributed by atoms with Crippen molar-refractivity contribution >= 4 is 17.4 Å². The lowest BCUT2D eigenvalue weighted by atomic mass is 10.0. The fourth-order valence-corrected chi connectivity index (χ4v) is 1.67. The molecule has 1 aromatic rings. The predicted molar refractivity (Wildman–Crippen MR) is 65.2 cm³/mol. The molecular formula is C12H9F4NO6. The molecule has 0 unspecified atom stereocenters. The van der Waals surface area contributed by atoms with E-state index in [1.807, 2.05) is 0 Å². The molecule has 0 N–H and O–H groups in total. The van der Waals surface area contributed by atoms with Crippen molar-refractivity contribution in [1.82, 2.24) is 0 Å². The summed E-state index contributed by atoms with van der Waals surface area (Å²) in [6.07, 6.45) is -1.16. The van der Waals surface area contributed by atoms with E-state index in [4.69, 9.17) is 0 Å². The highest BCUT2D eigenvalue weighted by Gasteiger charge is 2.37. The number of benzene rings is 1. The van der Waals surface area contributed by atoms with Crippen molar-refractivity contribution in [2.24, 2.45) is 0 Å². The molecule has 0 radical (unpaired) electrons. The van der Waals surface area contributed by atoms with Crippen LogP contribution in [0.25, 0.3) is 0 Å². The van der Waals surface area contributed by atoms with Crippen LogP contribution in [0.3, 0.4) is 0 Å². The Morgan fingerprint density at radius 1 is 1.17 bits per heavy atom. The van der Waals surface area contributed by atoms with Crippen molar-refractivity contribution < 1.29 is 41.5 Å². The summed E-state index contributed by atoms with van der Waals surface area (Å²) in [5.74, 6) is -10.7. The number of carbonyl (C=O) groups is 2. The second kappa shape index (κ2) is 7.51. The number of esters is 1. The Labute approximate surface area is 125 Å². The van der Waals surface area contributed by atoms with E-state index in [0.717, 1.165) is 0 Å². The average molecular weight is 339 g/mol. The third kappa shape index (κ3) is 3.73. The average Bonchev–Trinajstić information content (AvgIpc) is 2.46. The number of ketones is 1. The molecule has 0 aliphatic carbocycles. The fourth-order valence-electron chi connectivity index (χ4n) is 1.67. The molecule has 0 atom stereocenters. The van der Waals surface area contributed by atoms with Crippen molar-refractivity contribution in [3.63, 3.8) is 0 Å². The first-order valence-electron chi connectivity index (χ1n) is 5.98. The molecule has 0 spiro atoms. The van der Waals surface area contributed by atoms with Crippen molar-refractivity contribution in [3.8, 4) is 5.75 Å². The van der Waals surface area contributed by atoms with Crippen molar-refractivity contribution in [1.29, 1.82) is 0 Å². The second-order valence-corrected chi connectivity index (χ2v) is 3.91. The van der Waals surface area contributed by atoms with Gasteiger partial charge in [-0.3, -0.25) is 19.7 Å². The van der Waals surface area contributed by atoms with E-state index >= 15 is 0 Å².